The van der Waals surface area contributed by atoms with Crippen LogP contribution < -0.4 is 0 Å². The molecule has 0 heterocycles. The van der Waals surface area contributed by atoms with Gasteiger partial charge in [-0.2, -0.15) is 0 Å². The summed E-state index contributed by atoms with van der Waals surface area (Å²) in [6, 6.07) is 0.814. The molecule has 0 fully saturated rings. The number of hydrogen-bond donors (Lipinski definition) is 0. The standard InChI is InChI=1S/C12H25NO3Si/c1-5-9-10-12(13-11-14)17(8-4,15-6-2)16-7-3/h12H,5-10H2,1-4H3. The second-order valence-corrected chi connectivity index (χ2v) is 7.48. The average molecular weight is 259 g/mol. The van der Waals surface area contributed by atoms with Gasteiger partial charge in [-0.3, -0.25) is 0 Å². The summed E-state index contributed by atoms with van der Waals surface area (Å²) >= 11 is 0. The van der Waals surface area contributed by atoms with Gasteiger partial charge in [0.05, 0.1) is 0 Å². The third-order valence-corrected chi connectivity index (χ3v) is 6.79. The lowest BCUT2D eigenvalue weighted by Gasteiger charge is -2.33. The Balaban J connectivity index is 4.94. The van der Waals surface area contributed by atoms with Crippen molar-refractivity contribution in [2.24, 2.45) is 4.99 Å². The van der Waals surface area contributed by atoms with E-state index < -0.39 is 8.56 Å². The molecule has 1 atom stereocenters. The Labute approximate surface area is 106 Å². The minimum atomic E-state index is -2.39. The maximum Gasteiger partial charge on any atom is 0.364 e. The Morgan fingerprint density at radius 3 is 2.12 bits per heavy atom. The Morgan fingerprint density at radius 2 is 1.76 bits per heavy atom. The normalized spacial score (nSPS) is 13.2. The van der Waals surface area contributed by atoms with Crippen molar-refractivity contribution in [3.05, 3.63) is 0 Å². The van der Waals surface area contributed by atoms with Crippen LogP contribution in [0.2, 0.25) is 6.04 Å². The first-order valence-corrected chi connectivity index (χ1v) is 8.65. The highest BCUT2D eigenvalue weighted by Gasteiger charge is 2.44. The first-order valence-electron chi connectivity index (χ1n) is 6.55. The summed E-state index contributed by atoms with van der Waals surface area (Å²) in [7, 11) is -2.39. The SMILES string of the molecule is CCCCC(N=C=O)[Si](CC)(OCC)OCC. The lowest BCUT2D eigenvalue weighted by molar-refractivity contribution is 0.172. The molecule has 0 amide bonds. The second kappa shape index (κ2) is 9.54. The number of isocyanates is 1. The van der Waals surface area contributed by atoms with E-state index in [0.717, 1.165) is 25.3 Å². The predicted molar refractivity (Wildman–Crippen MR) is 70.9 cm³/mol. The topological polar surface area (TPSA) is 47.9 Å². The van der Waals surface area contributed by atoms with Crippen molar-refractivity contribution >= 4 is 14.6 Å². The van der Waals surface area contributed by atoms with Gasteiger partial charge in [-0.1, -0.05) is 26.7 Å². The number of unbranched alkanes of at least 4 members (excludes halogenated alkanes) is 1. The van der Waals surface area contributed by atoms with Crippen LogP contribution in [-0.4, -0.2) is 33.5 Å². The van der Waals surface area contributed by atoms with Gasteiger partial charge in [-0.15, -0.1) is 0 Å². The molecule has 0 spiro atoms. The summed E-state index contributed by atoms with van der Waals surface area (Å²) in [4.78, 5) is 14.5. The average Bonchev–Trinajstić information content (AvgIpc) is 2.34. The van der Waals surface area contributed by atoms with Gasteiger partial charge in [0, 0.05) is 13.2 Å². The number of nitrogens with zero attached hydrogens (tertiary/aromatic N) is 1. The molecule has 0 rings (SSSR count). The predicted octanol–water partition coefficient (Wildman–Crippen LogP) is 2.96. The molecule has 0 saturated carbocycles. The molecule has 0 aromatic rings. The van der Waals surface area contributed by atoms with Gasteiger partial charge in [0.1, 0.15) is 5.67 Å². The van der Waals surface area contributed by atoms with E-state index in [2.05, 4.69) is 18.8 Å². The summed E-state index contributed by atoms with van der Waals surface area (Å²) in [5.74, 6) is 0. The second-order valence-electron chi connectivity index (χ2n) is 3.91. The van der Waals surface area contributed by atoms with Crippen LogP contribution in [0, 0.1) is 0 Å². The quantitative estimate of drug-likeness (QED) is 0.344. The molecule has 1 unspecified atom stereocenters. The minimum absolute atomic E-state index is 0.121. The smallest absolute Gasteiger partial charge is 0.364 e. The third kappa shape index (κ3) is 5.13. The Kier molecular flexibility index (Phi) is 9.27. The fraction of sp³-hybridized carbons (Fsp3) is 0.917. The van der Waals surface area contributed by atoms with E-state index in [-0.39, 0.29) is 5.67 Å². The minimum Gasteiger partial charge on any atom is -0.393 e. The molecule has 0 aliphatic carbocycles. The van der Waals surface area contributed by atoms with Crippen LogP contribution in [0.25, 0.3) is 0 Å². The summed E-state index contributed by atoms with van der Waals surface area (Å²) < 4.78 is 11.7. The molecule has 0 saturated heterocycles. The van der Waals surface area contributed by atoms with Gasteiger partial charge >= 0.3 is 8.56 Å². The van der Waals surface area contributed by atoms with Crippen LogP contribution >= 0.6 is 0 Å². The largest absolute Gasteiger partial charge is 0.393 e. The molecule has 0 N–H and O–H groups in total. The van der Waals surface area contributed by atoms with Gasteiger partial charge < -0.3 is 8.85 Å². The Hall–Kier alpha value is -0.483. The van der Waals surface area contributed by atoms with Gasteiger partial charge in [0.25, 0.3) is 0 Å². The molecule has 100 valence electrons. The zero-order valence-electron chi connectivity index (χ0n) is 11.5. The summed E-state index contributed by atoms with van der Waals surface area (Å²) in [5, 5.41) is 0. The highest BCUT2D eigenvalue weighted by molar-refractivity contribution is 6.69. The molecule has 0 aromatic carbocycles. The van der Waals surface area contributed by atoms with Crippen molar-refractivity contribution < 1.29 is 13.6 Å². The number of carbonyl (C=O) groups excluding carboxylic acids is 1. The van der Waals surface area contributed by atoms with Crippen molar-refractivity contribution in [1.29, 1.82) is 0 Å². The zero-order valence-corrected chi connectivity index (χ0v) is 12.5. The number of aliphatic imine (C=N–C) groups is 1. The van der Waals surface area contributed by atoms with Crippen molar-refractivity contribution in [1.82, 2.24) is 0 Å². The van der Waals surface area contributed by atoms with Gasteiger partial charge in [0.2, 0.25) is 6.08 Å². The lowest BCUT2D eigenvalue weighted by Crippen LogP contribution is -2.52. The maximum atomic E-state index is 10.6. The maximum absolute atomic E-state index is 10.6. The van der Waals surface area contributed by atoms with E-state index in [1.807, 2.05) is 13.8 Å². The molecule has 5 heteroatoms. The van der Waals surface area contributed by atoms with Crippen LogP contribution in [0.4, 0.5) is 0 Å². The van der Waals surface area contributed by atoms with Crippen molar-refractivity contribution in [3.8, 4) is 0 Å². The molecule has 0 radical (unpaired) electrons. The third-order valence-electron chi connectivity index (χ3n) is 2.82. The van der Waals surface area contributed by atoms with Gasteiger partial charge in [0.15, 0.2) is 0 Å². The van der Waals surface area contributed by atoms with Gasteiger partial charge in [-0.25, -0.2) is 9.79 Å². The molecule has 4 nitrogen and oxygen atoms in total. The number of rotatable bonds is 10. The fourth-order valence-electron chi connectivity index (χ4n) is 2.01. The molecule has 0 aromatic heterocycles. The Morgan fingerprint density at radius 1 is 1.18 bits per heavy atom. The van der Waals surface area contributed by atoms with Gasteiger partial charge in [-0.05, 0) is 26.3 Å². The van der Waals surface area contributed by atoms with E-state index in [1.165, 1.54) is 0 Å². The lowest BCUT2D eigenvalue weighted by atomic mass is 10.2. The summed E-state index contributed by atoms with van der Waals surface area (Å²) in [6.07, 6.45) is 4.65. The summed E-state index contributed by atoms with van der Waals surface area (Å²) in [6.45, 7) is 9.30. The first kappa shape index (κ1) is 16.5. The molecule has 0 bridgehead atoms. The summed E-state index contributed by atoms with van der Waals surface area (Å²) in [5.41, 5.74) is -0.121. The first-order chi connectivity index (χ1) is 8.20. The van der Waals surface area contributed by atoms with E-state index in [0.29, 0.717) is 13.2 Å². The molecule has 0 aliphatic rings. The number of hydrogen-bond acceptors (Lipinski definition) is 4. The molecular weight excluding hydrogens is 234 g/mol. The van der Waals surface area contributed by atoms with Crippen LogP contribution in [-0.2, 0) is 13.6 Å². The van der Waals surface area contributed by atoms with Crippen molar-refractivity contribution in [2.45, 2.75) is 58.7 Å². The molecule has 17 heavy (non-hydrogen) atoms. The van der Waals surface area contributed by atoms with Crippen molar-refractivity contribution in [3.63, 3.8) is 0 Å². The van der Waals surface area contributed by atoms with Crippen LogP contribution in [0.15, 0.2) is 4.99 Å². The fourth-order valence-corrected chi connectivity index (χ4v) is 5.22. The van der Waals surface area contributed by atoms with E-state index in [1.54, 1.807) is 6.08 Å². The monoisotopic (exact) mass is 259 g/mol. The van der Waals surface area contributed by atoms with E-state index in [9.17, 15) is 4.79 Å². The zero-order chi connectivity index (χ0) is 13.1. The van der Waals surface area contributed by atoms with E-state index in [4.69, 9.17) is 8.85 Å². The van der Waals surface area contributed by atoms with E-state index >= 15 is 0 Å². The van der Waals surface area contributed by atoms with Crippen LogP contribution in [0.3, 0.4) is 0 Å². The van der Waals surface area contributed by atoms with Crippen LogP contribution in [0.1, 0.15) is 47.0 Å². The van der Waals surface area contributed by atoms with Crippen LogP contribution in [0.5, 0.6) is 0 Å². The molecule has 0 aliphatic heterocycles. The van der Waals surface area contributed by atoms with Crippen molar-refractivity contribution in [2.75, 3.05) is 13.2 Å². The highest BCUT2D eigenvalue weighted by Crippen LogP contribution is 2.24. The highest BCUT2D eigenvalue weighted by atomic mass is 28.4. The molecular formula is C12H25NO3Si. The Bertz CT molecular complexity index is 236.